The summed E-state index contributed by atoms with van der Waals surface area (Å²) in [4.78, 5) is 53.4. The number of urea groups is 1. The first-order valence-corrected chi connectivity index (χ1v) is 12.1. The van der Waals surface area contributed by atoms with Gasteiger partial charge in [0.25, 0.3) is 0 Å². The van der Waals surface area contributed by atoms with Gasteiger partial charge in [-0.3, -0.25) is 14.9 Å². The molecule has 0 bridgehead atoms. The Kier molecular flexibility index (Phi) is 6.02. The summed E-state index contributed by atoms with van der Waals surface area (Å²) in [6.07, 6.45) is 1.76. The number of anilines is 1. The Morgan fingerprint density at radius 2 is 1.86 bits per heavy atom. The summed E-state index contributed by atoms with van der Waals surface area (Å²) in [5.74, 6) is -1.93. The van der Waals surface area contributed by atoms with E-state index in [0.29, 0.717) is 55.5 Å². The van der Waals surface area contributed by atoms with Crippen molar-refractivity contribution in [1.82, 2.24) is 20.4 Å². The minimum Gasteiger partial charge on any atom is -0.442 e. The summed E-state index contributed by atoms with van der Waals surface area (Å²) in [5.41, 5.74) is 1.66. The van der Waals surface area contributed by atoms with Gasteiger partial charge in [0, 0.05) is 43.9 Å². The van der Waals surface area contributed by atoms with Crippen molar-refractivity contribution < 1.29 is 28.3 Å². The summed E-state index contributed by atoms with van der Waals surface area (Å²) in [5, 5.41) is 5.10. The molecule has 5 amide bonds. The van der Waals surface area contributed by atoms with E-state index in [4.69, 9.17) is 4.74 Å². The SMILES string of the molecule is Cc1cc(N2CC(NC(=O)OC3CN(C(=O)N(C)C4CC4)C3)C2)cc(F)c1C1CCC(=O)NC1=O. The van der Waals surface area contributed by atoms with Crippen molar-refractivity contribution in [2.24, 2.45) is 0 Å². The number of piperidine rings is 1. The molecule has 3 saturated heterocycles. The topological polar surface area (TPSA) is 111 Å². The van der Waals surface area contributed by atoms with Crippen molar-refractivity contribution >= 4 is 29.6 Å². The molecule has 0 spiro atoms. The van der Waals surface area contributed by atoms with Crippen molar-refractivity contribution in [2.45, 2.75) is 56.7 Å². The molecule has 1 saturated carbocycles. The molecule has 5 rings (SSSR count). The zero-order valence-electron chi connectivity index (χ0n) is 19.9. The molecule has 1 atom stereocenters. The Balaban J connectivity index is 1.08. The number of benzene rings is 1. The van der Waals surface area contributed by atoms with Crippen LogP contribution >= 0.6 is 0 Å². The summed E-state index contributed by atoms with van der Waals surface area (Å²) in [7, 11) is 1.80. The molecule has 0 radical (unpaired) electrons. The predicted octanol–water partition coefficient (Wildman–Crippen LogP) is 1.47. The normalized spacial score (nSPS) is 22.8. The molecule has 10 nitrogen and oxygen atoms in total. The van der Waals surface area contributed by atoms with Crippen molar-refractivity contribution in [2.75, 3.05) is 38.1 Å². The Bertz CT molecular complexity index is 1040. The molecule has 2 N–H and O–H groups in total. The number of rotatable bonds is 5. The van der Waals surface area contributed by atoms with Crippen LogP contribution in [0.15, 0.2) is 12.1 Å². The molecule has 35 heavy (non-hydrogen) atoms. The van der Waals surface area contributed by atoms with Crippen molar-refractivity contribution in [3.63, 3.8) is 0 Å². The molecule has 3 aliphatic heterocycles. The van der Waals surface area contributed by atoms with Crippen LogP contribution in [-0.2, 0) is 14.3 Å². The number of carbonyl (C=O) groups excluding carboxylic acids is 4. The van der Waals surface area contributed by atoms with Crippen molar-refractivity contribution in [3.8, 4) is 0 Å². The largest absolute Gasteiger partial charge is 0.442 e. The second-order valence-corrected chi connectivity index (χ2v) is 9.97. The molecule has 4 fully saturated rings. The van der Waals surface area contributed by atoms with Crippen LogP contribution in [0.5, 0.6) is 0 Å². The molecular formula is C24H30FN5O5. The van der Waals surface area contributed by atoms with Crippen molar-refractivity contribution in [1.29, 1.82) is 0 Å². The van der Waals surface area contributed by atoms with Crippen LogP contribution in [0.25, 0.3) is 0 Å². The first-order valence-electron chi connectivity index (χ1n) is 12.1. The third kappa shape index (κ3) is 4.76. The number of hydrogen-bond acceptors (Lipinski definition) is 6. The molecule has 4 aliphatic rings. The van der Waals surface area contributed by atoms with E-state index in [9.17, 15) is 23.6 Å². The molecule has 1 aliphatic carbocycles. The number of likely N-dealkylation sites (tertiary alicyclic amines) is 1. The van der Waals surface area contributed by atoms with E-state index >= 15 is 0 Å². The van der Waals surface area contributed by atoms with Gasteiger partial charge in [-0.1, -0.05) is 0 Å². The number of hydrogen-bond donors (Lipinski definition) is 2. The fraction of sp³-hybridized carbons (Fsp3) is 0.583. The number of alkyl carbamates (subject to hydrolysis) is 1. The maximum atomic E-state index is 15.0. The van der Waals surface area contributed by atoms with Gasteiger partial charge in [-0.25, -0.2) is 14.0 Å². The summed E-state index contributed by atoms with van der Waals surface area (Å²) in [6.45, 7) is 3.57. The van der Waals surface area contributed by atoms with Gasteiger partial charge < -0.3 is 24.8 Å². The Hall–Kier alpha value is -3.37. The molecule has 3 heterocycles. The maximum Gasteiger partial charge on any atom is 0.407 e. The van der Waals surface area contributed by atoms with E-state index in [0.717, 1.165) is 12.8 Å². The Morgan fingerprint density at radius 3 is 2.49 bits per heavy atom. The van der Waals surface area contributed by atoms with Gasteiger partial charge in [-0.2, -0.15) is 0 Å². The standard InChI is InChI=1S/C24H30FN5O5/c1-13-7-16(8-19(25)21(13)18-5-6-20(31)27-22(18)32)29-9-14(10-29)26-23(33)35-17-11-30(12-17)24(34)28(2)15-3-4-15/h7-8,14-15,17-18H,3-6,9-12H2,1-2H3,(H,26,33)(H,27,31,32). The number of carbonyl (C=O) groups is 4. The van der Waals surface area contributed by atoms with Crippen LogP contribution in [-0.4, -0.2) is 85.2 Å². The van der Waals surface area contributed by atoms with E-state index in [1.807, 2.05) is 11.0 Å². The minimum absolute atomic E-state index is 0.0199. The number of nitrogens with one attached hydrogen (secondary N) is 2. The third-order valence-corrected chi connectivity index (χ3v) is 7.27. The molecule has 11 heteroatoms. The first-order chi connectivity index (χ1) is 16.7. The second kappa shape index (κ2) is 9.01. The molecule has 0 aromatic heterocycles. The zero-order chi connectivity index (χ0) is 24.9. The quantitative estimate of drug-likeness (QED) is 0.609. The van der Waals surface area contributed by atoms with Gasteiger partial charge in [-0.15, -0.1) is 0 Å². The zero-order valence-corrected chi connectivity index (χ0v) is 19.9. The highest BCUT2D eigenvalue weighted by molar-refractivity contribution is 6.01. The molecule has 1 aromatic carbocycles. The van der Waals surface area contributed by atoms with Crippen LogP contribution in [0.1, 0.15) is 42.7 Å². The summed E-state index contributed by atoms with van der Waals surface area (Å²) in [6, 6.07) is 3.43. The fourth-order valence-electron chi connectivity index (χ4n) is 4.97. The van der Waals surface area contributed by atoms with Crippen LogP contribution in [0.3, 0.4) is 0 Å². The van der Waals surface area contributed by atoms with E-state index in [-0.39, 0.29) is 30.5 Å². The Morgan fingerprint density at radius 1 is 1.14 bits per heavy atom. The van der Waals surface area contributed by atoms with Crippen LogP contribution in [0, 0.1) is 12.7 Å². The number of nitrogens with zero attached hydrogens (tertiary/aromatic N) is 3. The lowest BCUT2D eigenvalue weighted by Crippen LogP contribution is -2.62. The van der Waals surface area contributed by atoms with Crippen LogP contribution < -0.4 is 15.5 Å². The maximum absolute atomic E-state index is 15.0. The lowest BCUT2D eigenvalue weighted by Gasteiger charge is -2.43. The lowest BCUT2D eigenvalue weighted by molar-refractivity contribution is -0.134. The van der Waals surface area contributed by atoms with Gasteiger partial charge in [0.05, 0.1) is 25.0 Å². The smallest absolute Gasteiger partial charge is 0.407 e. The third-order valence-electron chi connectivity index (χ3n) is 7.27. The highest BCUT2D eigenvalue weighted by Gasteiger charge is 2.40. The summed E-state index contributed by atoms with van der Waals surface area (Å²) < 4.78 is 20.4. The van der Waals surface area contributed by atoms with Crippen LogP contribution in [0.2, 0.25) is 0 Å². The van der Waals surface area contributed by atoms with Crippen LogP contribution in [0.4, 0.5) is 19.7 Å². The number of halogens is 1. The van der Waals surface area contributed by atoms with E-state index in [1.165, 1.54) is 6.07 Å². The average Bonchev–Trinajstić information content (AvgIpc) is 3.58. The predicted molar refractivity (Wildman–Crippen MR) is 123 cm³/mol. The van der Waals surface area contributed by atoms with Crippen molar-refractivity contribution in [3.05, 3.63) is 29.1 Å². The Labute approximate surface area is 202 Å². The highest BCUT2D eigenvalue weighted by Crippen LogP contribution is 2.34. The van der Waals surface area contributed by atoms with E-state index in [2.05, 4.69) is 10.6 Å². The number of aryl methyl sites for hydroxylation is 1. The van der Waals surface area contributed by atoms with Gasteiger partial charge in [0.2, 0.25) is 11.8 Å². The molecular weight excluding hydrogens is 457 g/mol. The first kappa shape index (κ1) is 23.4. The molecule has 1 unspecified atom stereocenters. The van der Waals surface area contributed by atoms with Gasteiger partial charge in [0.15, 0.2) is 0 Å². The monoisotopic (exact) mass is 487 g/mol. The van der Waals surface area contributed by atoms with E-state index in [1.54, 1.807) is 23.8 Å². The fourth-order valence-corrected chi connectivity index (χ4v) is 4.97. The second-order valence-electron chi connectivity index (χ2n) is 9.97. The number of imide groups is 1. The van der Waals surface area contributed by atoms with Gasteiger partial charge in [0.1, 0.15) is 11.9 Å². The molecule has 188 valence electrons. The highest BCUT2D eigenvalue weighted by atomic mass is 19.1. The number of amides is 5. The number of ether oxygens (including phenoxy) is 1. The van der Waals surface area contributed by atoms with E-state index < -0.39 is 23.7 Å². The van der Waals surface area contributed by atoms with Gasteiger partial charge in [-0.05, 0) is 43.9 Å². The van der Waals surface area contributed by atoms with Gasteiger partial charge >= 0.3 is 12.1 Å². The molecule has 1 aromatic rings. The minimum atomic E-state index is -0.672. The lowest BCUT2D eigenvalue weighted by atomic mass is 9.87. The summed E-state index contributed by atoms with van der Waals surface area (Å²) >= 11 is 0. The average molecular weight is 488 g/mol.